The van der Waals surface area contributed by atoms with Crippen LogP contribution in [0, 0.1) is 6.57 Å². The molecule has 0 fully saturated rings. The van der Waals surface area contributed by atoms with Crippen LogP contribution in [-0.2, 0) is 30.6 Å². The number of unbranched alkanes of at least 4 members (excludes halogenated alkanes) is 27. The van der Waals surface area contributed by atoms with E-state index in [1.54, 1.807) is 24.5 Å². The van der Waals surface area contributed by atoms with Crippen molar-refractivity contribution in [3.8, 4) is 46.8 Å². The Labute approximate surface area is 524 Å². The van der Waals surface area contributed by atoms with Gasteiger partial charge in [-0.3, -0.25) is 4.79 Å². The molecule has 0 saturated carbocycles. The first kappa shape index (κ1) is 65.5. The highest BCUT2D eigenvalue weighted by Gasteiger charge is 2.23. The SMILES string of the molecule is [C-]#[N+]/C(=C\c1cc(CCCCCCCCCCCC)c(-c2cc(CCCCCCCCCCCC)c(-c3cc(CCCCCCCCCCCC)c(-c4ccc5c(c4)c4cc(-c6ccc7cc(OC)ccc7c6)ccc4n5CC)s3)s2)s1)C(=O)O. The number of thiophene rings is 3. The molecule has 0 unspecified atom stereocenters. The van der Waals surface area contributed by atoms with Gasteiger partial charge in [-0.15, -0.1) is 34.0 Å². The highest BCUT2D eigenvalue weighted by atomic mass is 32.1. The molecule has 0 spiro atoms. The summed E-state index contributed by atoms with van der Waals surface area (Å²) in [4.78, 5) is 23.2. The van der Waals surface area contributed by atoms with Crippen molar-refractivity contribution in [2.75, 3.05) is 7.11 Å². The molecular weight excluding hydrogens is 1100 g/mol. The lowest BCUT2D eigenvalue weighted by molar-refractivity contribution is -0.132. The van der Waals surface area contributed by atoms with Gasteiger partial charge in [0.2, 0.25) is 0 Å². The van der Waals surface area contributed by atoms with E-state index in [0.717, 1.165) is 42.9 Å². The van der Waals surface area contributed by atoms with Crippen LogP contribution in [0.15, 0.2) is 96.7 Å². The number of ether oxygens (including phenoxy) is 1. The van der Waals surface area contributed by atoms with E-state index < -0.39 is 5.97 Å². The topological polar surface area (TPSA) is 55.8 Å². The minimum Gasteiger partial charge on any atom is -0.497 e. The highest BCUT2D eigenvalue weighted by Crippen LogP contribution is 2.49. The van der Waals surface area contributed by atoms with E-state index in [-0.39, 0.29) is 5.70 Å². The van der Waals surface area contributed by atoms with Crippen LogP contribution in [0.5, 0.6) is 5.75 Å². The number of rotatable bonds is 41. The van der Waals surface area contributed by atoms with Crippen molar-refractivity contribution in [3.63, 3.8) is 0 Å². The van der Waals surface area contributed by atoms with Gasteiger partial charge in [0.25, 0.3) is 5.70 Å². The summed E-state index contributed by atoms with van der Waals surface area (Å²) >= 11 is 5.63. The van der Waals surface area contributed by atoms with Gasteiger partial charge in [-0.2, -0.15) is 0 Å². The zero-order valence-electron chi connectivity index (χ0n) is 52.7. The number of hydrogen-bond acceptors (Lipinski definition) is 5. The smallest absolute Gasteiger partial charge is 0.333 e. The maximum Gasteiger partial charge on any atom is 0.333 e. The molecule has 8 rings (SSSR count). The van der Waals surface area contributed by atoms with E-state index in [1.165, 1.54) is 277 Å². The number of carbonyl (C=O) groups is 1. The number of aryl methyl sites for hydroxylation is 4. The fourth-order valence-electron chi connectivity index (χ4n) is 12.8. The Bertz CT molecular complexity index is 3410. The van der Waals surface area contributed by atoms with Gasteiger partial charge in [-0.25, -0.2) is 4.85 Å². The highest BCUT2D eigenvalue weighted by molar-refractivity contribution is 7.27. The Morgan fingerprint density at radius 3 is 1.35 bits per heavy atom. The number of benzene rings is 4. The average Bonchev–Trinajstić information content (AvgIpc) is 3.65. The number of nitrogens with zero attached hydrogens (tertiary/aromatic N) is 2. The predicted molar refractivity (Wildman–Crippen MR) is 373 cm³/mol. The van der Waals surface area contributed by atoms with Gasteiger partial charge < -0.3 is 14.4 Å². The van der Waals surface area contributed by atoms with Crippen molar-refractivity contribution in [1.29, 1.82) is 0 Å². The summed E-state index contributed by atoms with van der Waals surface area (Å²) < 4.78 is 8.04. The summed E-state index contributed by atoms with van der Waals surface area (Å²) in [6.07, 6.45) is 43.9. The normalized spacial score (nSPS) is 11.9. The van der Waals surface area contributed by atoms with Crippen LogP contribution in [0.3, 0.4) is 0 Å². The minimum atomic E-state index is -1.16. The number of aliphatic carboxylic acids is 1. The first-order chi connectivity index (χ1) is 41.8. The van der Waals surface area contributed by atoms with Gasteiger partial charge in [0, 0.05) is 57.6 Å². The fraction of sp³-hybridized carbons (Fsp3) is 0.506. The second kappa shape index (κ2) is 35.4. The predicted octanol–water partition coefficient (Wildman–Crippen LogP) is 25.6. The zero-order valence-corrected chi connectivity index (χ0v) is 55.1. The number of carboxylic acid groups (broad SMARTS) is 1. The largest absolute Gasteiger partial charge is 0.497 e. The Morgan fingerprint density at radius 1 is 0.471 bits per heavy atom. The number of hydrogen-bond donors (Lipinski definition) is 1. The first-order valence-electron chi connectivity index (χ1n) is 33.6. The zero-order chi connectivity index (χ0) is 59.6. The molecular formula is C77H100N2O3S3. The van der Waals surface area contributed by atoms with E-state index in [4.69, 9.17) is 11.3 Å². The average molecular weight is 1200 g/mol. The summed E-state index contributed by atoms with van der Waals surface area (Å²) in [6, 6.07) is 34.8. The molecule has 5 nitrogen and oxygen atoms in total. The van der Waals surface area contributed by atoms with Gasteiger partial charge in [0.05, 0.1) is 13.7 Å². The van der Waals surface area contributed by atoms with E-state index in [0.29, 0.717) is 0 Å². The quantitative estimate of drug-likeness (QED) is 0.0236. The summed E-state index contributed by atoms with van der Waals surface area (Å²) in [5.41, 5.74) is 10.3. The molecule has 0 aliphatic carbocycles. The molecule has 8 heteroatoms. The Kier molecular flexibility index (Phi) is 27.3. The standard InChI is InChI=1S/C77H100N2O3S3/c1-7-11-14-17-20-23-26-29-32-35-38-61-51-66(56-69(78-5)77(80)81)83-75(61)72-55-63(40-37-34-31-28-25-22-19-16-13-9-3)76(85-72)73-54-62(39-36-33-30-27-24-21-18-15-12-8-2)74(84-73)64-45-48-71-68(53-64)67-52-60(44-47-70(67)79(71)10-4)57-41-42-59-50-65(82-6)46-43-58(59)49-57/h41-56H,7-40H2,1-4,6H3,(H,80,81)/b69-56-. The molecule has 4 heterocycles. The van der Waals surface area contributed by atoms with E-state index in [1.807, 2.05) is 22.7 Å². The Balaban J connectivity index is 1.14. The van der Waals surface area contributed by atoms with Gasteiger partial charge in [0.15, 0.2) is 0 Å². The molecule has 0 atom stereocenters. The van der Waals surface area contributed by atoms with Gasteiger partial charge >= 0.3 is 5.97 Å². The summed E-state index contributed by atoms with van der Waals surface area (Å²) in [5.74, 6) is -0.287. The lowest BCUT2D eigenvalue weighted by Crippen LogP contribution is -1.94. The van der Waals surface area contributed by atoms with Crippen LogP contribution < -0.4 is 4.74 Å². The van der Waals surface area contributed by atoms with Crippen LogP contribution in [0.25, 0.3) is 84.6 Å². The van der Waals surface area contributed by atoms with Crippen LogP contribution in [0.1, 0.15) is 242 Å². The van der Waals surface area contributed by atoms with Crippen molar-refractivity contribution < 1.29 is 14.6 Å². The van der Waals surface area contributed by atoms with Gasteiger partial charge in [0.1, 0.15) is 5.75 Å². The minimum absolute atomic E-state index is 0.225. The van der Waals surface area contributed by atoms with Crippen LogP contribution in [-0.4, -0.2) is 22.8 Å². The molecule has 8 aromatic rings. The van der Waals surface area contributed by atoms with E-state index in [2.05, 4.69) is 128 Å². The molecule has 4 aromatic heterocycles. The maximum absolute atomic E-state index is 12.2. The molecule has 454 valence electrons. The Hall–Kier alpha value is -5.46. The second-order valence-corrected chi connectivity index (χ2v) is 27.5. The molecule has 85 heavy (non-hydrogen) atoms. The summed E-state index contributed by atoms with van der Waals surface area (Å²) in [5, 5.41) is 15.0. The summed E-state index contributed by atoms with van der Waals surface area (Å²) in [6.45, 7) is 17.8. The molecule has 0 amide bonds. The van der Waals surface area contributed by atoms with E-state index >= 15 is 0 Å². The van der Waals surface area contributed by atoms with Crippen LogP contribution in [0.4, 0.5) is 0 Å². The summed E-state index contributed by atoms with van der Waals surface area (Å²) in [7, 11) is 1.73. The fourth-order valence-corrected chi connectivity index (χ4v) is 16.6. The lowest BCUT2D eigenvalue weighted by atomic mass is 9.98. The molecule has 1 N–H and O–H groups in total. The number of aromatic nitrogens is 1. The van der Waals surface area contributed by atoms with Crippen molar-refractivity contribution in [1.82, 2.24) is 4.57 Å². The van der Waals surface area contributed by atoms with Crippen molar-refractivity contribution in [2.24, 2.45) is 0 Å². The Morgan fingerprint density at radius 2 is 0.871 bits per heavy atom. The molecule has 0 aliphatic rings. The molecule has 0 saturated heterocycles. The van der Waals surface area contributed by atoms with Crippen molar-refractivity contribution in [2.45, 2.75) is 246 Å². The maximum atomic E-state index is 12.2. The third-order valence-corrected chi connectivity index (χ3v) is 21.6. The third-order valence-electron chi connectivity index (χ3n) is 17.7. The van der Waals surface area contributed by atoms with Gasteiger partial charge in [-0.05, 0) is 156 Å². The number of methoxy groups -OCH3 is 1. The first-order valence-corrected chi connectivity index (χ1v) is 36.1. The lowest BCUT2D eigenvalue weighted by Gasteiger charge is -2.07. The van der Waals surface area contributed by atoms with E-state index in [9.17, 15) is 9.90 Å². The van der Waals surface area contributed by atoms with Crippen molar-refractivity contribution in [3.05, 3.63) is 130 Å². The molecule has 4 aromatic carbocycles. The number of fused-ring (bicyclic) bond motifs is 4. The molecule has 0 radical (unpaired) electrons. The monoisotopic (exact) mass is 1200 g/mol. The van der Waals surface area contributed by atoms with Crippen molar-refractivity contribution >= 4 is 78.6 Å². The molecule has 0 bridgehead atoms. The van der Waals surface area contributed by atoms with Gasteiger partial charge in [-0.1, -0.05) is 224 Å². The molecule has 0 aliphatic heterocycles. The van der Waals surface area contributed by atoms with Crippen LogP contribution >= 0.6 is 34.0 Å². The van der Waals surface area contributed by atoms with Crippen LogP contribution in [0.2, 0.25) is 0 Å². The third kappa shape index (κ3) is 18.8. The number of carboxylic acids is 1. The second-order valence-electron chi connectivity index (χ2n) is 24.3.